The van der Waals surface area contributed by atoms with Gasteiger partial charge in [0.1, 0.15) is 23.2 Å². The second-order valence-electron chi connectivity index (χ2n) is 6.75. The van der Waals surface area contributed by atoms with Crippen molar-refractivity contribution in [1.29, 1.82) is 0 Å². The topological polar surface area (TPSA) is 83.6 Å². The van der Waals surface area contributed by atoms with Crippen molar-refractivity contribution in [1.82, 2.24) is 20.5 Å². The van der Waals surface area contributed by atoms with Crippen LogP contribution in [0.4, 0.5) is 26.7 Å². The number of carbonyl (C=O) groups excluding carboxylic acids is 2. The highest BCUT2D eigenvalue weighted by Crippen LogP contribution is 2.30. The van der Waals surface area contributed by atoms with E-state index >= 15 is 0 Å². The third kappa shape index (κ3) is 5.75. The summed E-state index contributed by atoms with van der Waals surface area (Å²) in [5, 5.41) is 4.29. The van der Waals surface area contributed by atoms with Gasteiger partial charge >= 0.3 is 12.2 Å². The molecule has 172 valence electrons. The first-order valence-corrected chi connectivity index (χ1v) is 9.54. The van der Waals surface area contributed by atoms with Gasteiger partial charge in [-0.1, -0.05) is 17.7 Å². The van der Waals surface area contributed by atoms with Crippen molar-refractivity contribution in [3.8, 4) is 5.88 Å². The van der Waals surface area contributed by atoms with Crippen molar-refractivity contribution >= 4 is 23.5 Å². The Morgan fingerprint density at radius 1 is 1.28 bits per heavy atom. The Labute approximate surface area is 183 Å². The maximum Gasteiger partial charge on any atom is 0.422 e. The summed E-state index contributed by atoms with van der Waals surface area (Å²) < 4.78 is 69.8. The molecule has 2 heterocycles. The molecule has 13 heteroatoms. The van der Waals surface area contributed by atoms with E-state index in [1.54, 1.807) is 0 Å². The first-order chi connectivity index (χ1) is 15.0. The molecule has 0 saturated carbocycles. The Morgan fingerprint density at radius 3 is 2.66 bits per heavy atom. The number of ether oxygens (including phenoxy) is 1. The monoisotopic (exact) mass is 478 g/mol. The second-order valence-corrected chi connectivity index (χ2v) is 7.13. The summed E-state index contributed by atoms with van der Waals surface area (Å²) in [5.74, 6) is -2.88. The van der Waals surface area contributed by atoms with Crippen LogP contribution in [-0.4, -0.2) is 54.2 Å². The van der Waals surface area contributed by atoms with Crippen LogP contribution in [0.15, 0.2) is 30.5 Å². The maximum absolute atomic E-state index is 14.7. The zero-order valence-corrected chi connectivity index (χ0v) is 16.9. The smallest absolute Gasteiger partial charge is 0.422 e. The van der Waals surface area contributed by atoms with Gasteiger partial charge in [-0.25, -0.2) is 18.6 Å². The van der Waals surface area contributed by atoms with Crippen molar-refractivity contribution in [3.63, 3.8) is 0 Å². The number of piperazine rings is 1. The summed E-state index contributed by atoms with van der Waals surface area (Å²) in [6.45, 7) is -1.37. The number of hydrogen-bond acceptors (Lipinski definition) is 4. The molecule has 1 unspecified atom stereocenters. The number of pyridine rings is 1. The zero-order valence-electron chi connectivity index (χ0n) is 16.2. The summed E-state index contributed by atoms with van der Waals surface area (Å²) in [6, 6.07) is 2.39. The van der Waals surface area contributed by atoms with Crippen molar-refractivity contribution in [2.45, 2.75) is 12.2 Å². The Bertz CT molecular complexity index is 1000. The molecular weight excluding hydrogens is 463 g/mol. The van der Waals surface area contributed by atoms with E-state index in [4.69, 9.17) is 11.6 Å². The minimum Gasteiger partial charge on any atom is -0.468 e. The van der Waals surface area contributed by atoms with Crippen LogP contribution in [-0.2, 0) is 4.79 Å². The van der Waals surface area contributed by atoms with Gasteiger partial charge in [0, 0.05) is 30.9 Å². The molecule has 1 aromatic heterocycles. The van der Waals surface area contributed by atoms with Crippen LogP contribution in [0.3, 0.4) is 0 Å². The molecule has 1 fully saturated rings. The number of urea groups is 1. The number of hydrogen-bond donors (Lipinski definition) is 2. The molecule has 3 amide bonds. The van der Waals surface area contributed by atoms with Gasteiger partial charge in [-0.3, -0.25) is 4.79 Å². The summed E-state index contributed by atoms with van der Waals surface area (Å²) in [5.41, 5.74) is -0.0577. The molecule has 2 aromatic rings. The molecule has 7 nitrogen and oxygen atoms in total. The lowest BCUT2D eigenvalue weighted by Crippen LogP contribution is -2.53. The van der Waals surface area contributed by atoms with E-state index in [0.717, 1.165) is 24.4 Å². The first kappa shape index (κ1) is 23.5. The fraction of sp³-hybridized carbons (Fsp3) is 0.316. The van der Waals surface area contributed by atoms with Crippen molar-refractivity contribution in [2.75, 3.05) is 26.2 Å². The molecule has 0 bridgehead atoms. The van der Waals surface area contributed by atoms with E-state index < -0.39 is 41.5 Å². The van der Waals surface area contributed by atoms with Crippen molar-refractivity contribution < 1.29 is 36.3 Å². The van der Waals surface area contributed by atoms with Crippen LogP contribution in [0.1, 0.15) is 17.2 Å². The van der Waals surface area contributed by atoms with Gasteiger partial charge in [0.05, 0.1) is 6.04 Å². The minimum atomic E-state index is -4.56. The van der Waals surface area contributed by atoms with E-state index in [9.17, 15) is 31.5 Å². The van der Waals surface area contributed by atoms with Crippen LogP contribution in [0.25, 0.3) is 0 Å². The Balaban J connectivity index is 1.89. The molecule has 32 heavy (non-hydrogen) atoms. The number of nitrogens with zero attached hydrogens (tertiary/aromatic N) is 2. The van der Waals surface area contributed by atoms with Gasteiger partial charge in [-0.05, 0) is 17.7 Å². The van der Waals surface area contributed by atoms with Crippen LogP contribution in [0, 0.1) is 11.6 Å². The van der Waals surface area contributed by atoms with Crippen LogP contribution >= 0.6 is 11.6 Å². The van der Waals surface area contributed by atoms with E-state index in [2.05, 4.69) is 20.4 Å². The van der Waals surface area contributed by atoms with Gasteiger partial charge in [-0.2, -0.15) is 13.2 Å². The second kappa shape index (κ2) is 9.55. The quantitative estimate of drug-likeness (QED) is 0.511. The molecule has 2 N–H and O–H groups in total. The fourth-order valence-electron chi connectivity index (χ4n) is 2.93. The number of nitrogens with one attached hydrogen (secondary N) is 2. The van der Waals surface area contributed by atoms with Crippen LogP contribution < -0.4 is 15.4 Å². The lowest BCUT2D eigenvalue weighted by Gasteiger charge is -2.29. The SMILES string of the molecule is O=C1CN(C(=O)NC(c2ccc(OCC(F)(F)F)nc2)c2ccc(F)c(Cl)c2F)CCN1. The number of benzene rings is 1. The highest BCUT2D eigenvalue weighted by atomic mass is 35.5. The molecule has 0 aliphatic carbocycles. The molecule has 0 radical (unpaired) electrons. The molecule has 0 spiro atoms. The van der Waals surface area contributed by atoms with Crippen LogP contribution in [0.5, 0.6) is 5.88 Å². The zero-order chi connectivity index (χ0) is 23.5. The Kier molecular flexibility index (Phi) is 7.02. The first-order valence-electron chi connectivity index (χ1n) is 9.16. The minimum absolute atomic E-state index is 0.153. The Hall–Kier alpha value is -3.15. The van der Waals surface area contributed by atoms with Gasteiger partial charge in [-0.15, -0.1) is 0 Å². The lowest BCUT2D eigenvalue weighted by atomic mass is 9.99. The Morgan fingerprint density at radius 2 is 2.03 bits per heavy atom. The molecule has 1 aliphatic rings. The standard InChI is InChI=1S/C19H16ClF5N4O3/c20-15-12(21)3-2-11(16(15)22)17(28-18(31)29-6-5-26-13(30)8-29)10-1-4-14(27-7-10)32-9-19(23,24)25/h1-4,7,17H,5-6,8-9H2,(H,26,30)(H,28,31). The number of rotatable bonds is 5. The number of alkyl halides is 3. The predicted octanol–water partition coefficient (Wildman–Crippen LogP) is 3.19. The van der Waals surface area contributed by atoms with Gasteiger partial charge < -0.3 is 20.3 Å². The molecule has 1 atom stereocenters. The molecule has 1 aromatic carbocycles. The third-order valence-corrected chi connectivity index (χ3v) is 4.79. The lowest BCUT2D eigenvalue weighted by molar-refractivity contribution is -0.154. The molecule has 3 rings (SSSR count). The number of carbonyl (C=O) groups is 2. The van der Waals surface area contributed by atoms with Gasteiger partial charge in [0.2, 0.25) is 11.8 Å². The molecular formula is C19H16ClF5N4O3. The number of halogens is 6. The predicted molar refractivity (Wildman–Crippen MR) is 102 cm³/mol. The van der Waals surface area contributed by atoms with E-state index in [0.29, 0.717) is 0 Å². The summed E-state index contributed by atoms with van der Waals surface area (Å²) in [4.78, 5) is 29.2. The van der Waals surface area contributed by atoms with Crippen LogP contribution in [0.2, 0.25) is 5.02 Å². The van der Waals surface area contributed by atoms with Crippen molar-refractivity contribution in [2.24, 2.45) is 0 Å². The number of amides is 3. The maximum atomic E-state index is 14.7. The van der Waals surface area contributed by atoms with E-state index in [1.165, 1.54) is 11.0 Å². The van der Waals surface area contributed by atoms with Crippen molar-refractivity contribution in [3.05, 3.63) is 58.2 Å². The largest absolute Gasteiger partial charge is 0.468 e. The van der Waals surface area contributed by atoms with E-state index in [-0.39, 0.29) is 42.5 Å². The summed E-state index contributed by atoms with van der Waals surface area (Å²) in [6.07, 6.45) is -3.48. The highest BCUT2D eigenvalue weighted by molar-refractivity contribution is 6.31. The third-order valence-electron chi connectivity index (χ3n) is 4.45. The summed E-state index contributed by atoms with van der Waals surface area (Å²) >= 11 is 5.66. The molecule has 1 saturated heterocycles. The van der Waals surface area contributed by atoms with Gasteiger partial charge in [0.25, 0.3) is 0 Å². The number of aromatic nitrogens is 1. The normalized spacial score (nSPS) is 15.2. The summed E-state index contributed by atoms with van der Waals surface area (Å²) in [7, 11) is 0. The van der Waals surface area contributed by atoms with E-state index in [1.807, 2.05) is 0 Å². The molecule has 1 aliphatic heterocycles. The fourth-order valence-corrected chi connectivity index (χ4v) is 3.11. The van der Waals surface area contributed by atoms with Gasteiger partial charge in [0.15, 0.2) is 6.61 Å². The average molecular weight is 479 g/mol. The highest BCUT2D eigenvalue weighted by Gasteiger charge is 2.30. The average Bonchev–Trinajstić information content (AvgIpc) is 2.75.